The summed E-state index contributed by atoms with van der Waals surface area (Å²) < 4.78 is 18.1. The number of nitro groups is 1. The van der Waals surface area contributed by atoms with Crippen molar-refractivity contribution >= 4 is 21.8 Å². The molecule has 1 unspecified atom stereocenters. The van der Waals surface area contributed by atoms with E-state index in [1.807, 2.05) is 0 Å². The Morgan fingerprint density at radius 1 is 1.39 bits per heavy atom. The molecule has 0 aliphatic carbocycles. The van der Waals surface area contributed by atoms with Crippen LogP contribution < -0.4 is 0 Å². The fourth-order valence-corrected chi connectivity index (χ4v) is 1.83. The second kappa shape index (κ2) is 4.87. The quantitative estimate of drug-likeness (QED) is 0.697. The van der Waals surface area contributed by atoms with Gasteiger partial charge >= 0.3 is 5.88 Å². The number of aliphatic hydroxyl groups is 1. The normalized spacial score (nSPS) is 12.4. The van der Waals surface area contributed by atoms with Crippen molar-refractivity contribution < 1.29 is 18.8 Å². The van der Waals surface area contributed by atoms with Gasteiger partial charge in [0.05, 0.1) is 10.5 Å². The third kappa shape index (κ3) is 2.41. The lowest BCUT2D eigenvalue weighted by Crippen LogP contribution is -1.98. The van der Waals surface area contributed by atoms with Gasteiger partial charge in [0.1, 0.15) is 22.6 Å². The lowest BCUT2D eigenvalue weighted by Gasteiger charge is -2.08. The molecule has 0 spiro atoms. The molecule has 7 heteroatoms. The highest BCUT2D eigenvalue weighted by atomic mass is 79.9. The molecule has 2 rings (SSSR count). The van der Waals surface area contributed by atoms with E-state index in [4.69, 9.17) is 4.42 Å². The number of halogens is 2. The summed E-state index contributed by atoms with van der Waals surface area (Å²) in [5, 5.41) is 20.4. The Morgan fingerprint density at radius 2 is 2.11 bits per heavy atom. The Bertz CT molecular complexity index is 598. The second-order valence-corrected chi connectivity index (χ2v) is 4.36. The van der Waals surface area contributed by atoms with Crippen molar-refractivity contribution in [3.63, 3.8) is 0 Å². The number of rotatable bonds is 3. The summed E-state index contributed by atoms with van der Waals surface area (Å²) in [6.07, 6.45) is -1.18. The van der Waals surface area contributed by atoms with Crippen molar-refractivity contribution in [2.45, 2.75) is 6.10 Å². The van der Waals surface area contributed by atoms with Crippen LogP contribution in [0.25, 0.3) is 0 Å². The largest absolute Gasteiger partial charge is 0.433 e. The first-order valence-corrected chi connectivity index (χ1v) is 5.65. The smallest absolute Gasteiger partial charge is 0.403 e. The van der Waals surface area contributed by atoms with E-state index in [9.17, 15) is 19.6 Å². The van der Waals surface area contributed by atoms with Gasteiger partial charge in [0.2, 0.25) is 0 Å². The van der Waals surface area contributed by atoms with E-state index in [1.54, 1.807) is 0 Å². The van der Waals surface area contributed by atoms with Crippen LogP contribution in [0.4, 0.5) is 10.3 Å². The summed E-state index contributed by atoms with van der Waals surface area (Å²) in [7, 11) is 0. The Labute approximate surface area is 109 Å². The number of aliphatic hydroxyl groups excluding tert-OH is 1. The molecule has 2 aromatic rings. The molecule has 0 amide bonds. The first kappa shape index (κ1) is 12.7. The highest BCUT2D eigenvalue weighted by Gasteiger charge is 2.19. The molecule has 18 heavy (non-hydrogen) atoms. The predicted octanol–water partition coefficient (Wildman–Crippen LogP) is 3.17. The van der Waals surface area contributed by atoms with Crippen molar-refractivity contribution in [1.82, 2.24) is 0 Å². The fourth-order valence-electron chi connectivity index (χ4n) is 1.43. The van der Waals surface area contributed by atoms with Gasteiger partial charge in [0.15, 0.2) is 0 Å². The molecule has 94 valence electrons. The molecule has 0 saturated carbocycles. The lowest BCUT2D eigenvalue weighted by atomic mass is 10.1. The van der Waals surface area contributed by atoms with Crippen molar-refractivity contribution in [2.24, 2.45) is 0 Å². The highest BCUT2D eigenvalue weighted by molar-refractivity contribution is 9.10. The van der Waals surface area contributed by atoms with Crippen LogP contribution >= 0.6 is 15.9 Å². The molecule has 0 fully saturated rings. The van der Waals surface area contributed by atoms with Crippen LogP contribution in [0.1, 0.15) is 17.4 Å². The third-order valence-corrected chi connectivity index (χ3v) is 2.93. The average Bonchev–Trinajstić information content (AvgIpc) is 2.81. The second-order valence-electron chi connectivity index (χ2n) is 3.51. The Hall–Kier alpha value is -1.73. The topological polar surface area (TPSA) is 76.5 Å². The average molecular weight is 316 g/mol. The summed E-state index contributed by atoms with van der Waals surface area (Å²) in [5.74, 6) is -0.887. The summed E-state index contributed by atoms with van der Waals surface area (Å²) >= 11 is 2.99. The Kier molecular flexibility index (Phi) is 3.44. The molecule has 1 heterocycles. The number of hydrogen-bond donors (Lipinski definition) is 1. The minimum Gasteiger partial charge on any atom is -0.403 e. The summed E-state index contributed by atoms with van der Waals surface area (Å²) in [5.41, 5.74) is 0.368. The molecule has 1 aromatic heterocycles. The van der Waals surface area contributed by atoms with Gasteiger partial charge in [-0.1, -0.05) is 6.07 Å². The van der Waals surface area contributed by atoms with E-state index in [1.165, 1.54) is 24.3 Å². The molecule has 0 aliphatic rings. The first-order valence-electron chi connectivity index (χ1n) is 4.86. The monoisotopic (exact) mass is 315 g/mol. The molecule has 1 atom stereocenters. The zero-order chi connectivity index (χ0) is 13.3. The van der Waals surface area contributed by atoms with Crippen LogP contribution in [-0.4, -0.2) is 10.0 Å². The molecular weight excluding hydrogens is 309 g/mol. The van der Waals surface area contributed by atoms with Crippen molar-refractivity contribution in [2.75, 3.05) is 0 Å². The van der Waals surface area contributed by atoms with Crippen LogP contribution in [-0.2, 0) is 0 Å². The number of hydrogen-bond acceptors (Lipinski definition) is 4. The summed E-state index contributed by atoms with van der Waals surface area (Å²) in [6.45, 7) is 0. The van der Waals surface area contributed by atoms with Gasteiger partial charge in [0, 0.05) is 0 Å². The molecule has 1 N–H and O–H groups in total. The van der Waals surface area contributed by atoms with Gasteiger partial charge in [-0.05, 0) is 39.7 Å². The minimum absolute atomic E-state index is 0.0280. The number of nitrogens with zero attached hydrogens (tertiary/aromatic N) is 1. The fraction of sp³-hybridized carbons (Fsp3) is 0.0909. The third-order valence-electron chi connectivity index (χ3n) is 2.32. The molecular formula is C11H7BrFNO4. The highest BCUT2D eigenvalue weighted by Crippen LogP contribution is 2.29. The molecule has 0 radical (unpaired) electrons. The maximum atomic E-state index is 13.0. The van der Waals surface area contributed by atoms with E-state index in [0.717, 1.165) is 6.07 Å². The van der Waals surface area contributed by atoms with Gasteiger partial charge in [0.25, 0.3) is 0 Å². The molecule has 0 bridgehead atoms. The van der Waals surface area contributed by atoms with Crippen molar-refractivity contribution in [1.29, 1.82) is 0 Å². The van der Waals surface area contributed by atoms with E-state index in [2.05, 4.69) is 15.9 Å². The van der Waals surface area contributed by atoms with Crippen LogP contribution in [0.2, 0.25) is 0 Å². The zero-order valence-corrected chi connectivity index (χ0v) is 10.4. The Morgan fingerprint density at radius 3 is 2.67 bits per heavy atom. The van der Waals surface area contributed by atoms with E-state index < -0.39 is 22.7 Å². The molecule has 0 aliphatic heterocycles. The standard InChI is InChI=1S/C11H7BrFNO4/c12-7-5-6(1-2-8(7)13)11(15)9-3-4-10(18-9)14(16)17/h1-5,11,15H. The van der Waals surface area contributed by atoms with Gasteiger partial charge in [-0.25, -0.2) is 4.39 Å². The summed E-state index contributed by atoms with van der Waals surface area (Å²) in [6, 6.07) is 6.39. The zero-order valence-electron chi connectivity index (χ0n) is 8.84. The lowest BCUT2D eigenvalue weighted by molar-refractivity contribution is -0.402. The minimum atomic E-state index is -1.18. The van der Waals surface area contributed by atoms with E-state index in [0.29, 0.717) is 5.56 Å². The van der Waals surface area contributed by atoms with Crippen molar-refractivity contribution in [3.05, 3.63) is 62.1 Å². The van der Waals surface area contributed by atoms with Crippen LogP contribution in [0.5, 0.6) is 0 Å². The van der Waals surface area contributed by atoms with E-state index >= 15 is 0 Å². The summed E-state index contributed by atoms with van der Waals surface area (Å²) in [4.78, 5) is 9.75. The number of furan rings is 1. The van der Waals surface area contributed by atoms with E-state index in [-0.39, 0.29) is 10.2 Å². The maximum Gasteiger partial charge on any atom is 0.433 e. The Balaban J connectivity index is 2.31. The molecule has 1 aromatic carbocycles. The predicted molar refractivity (Wildman–Crippen MR) is 63.5 cm³/mol. The van der Waals surface area contributed by atoms with Crippen LogP contribution in [0.15, 0.2) is 39.2 Å². The van der Waals surface area contributed by atoms with Gasteiger partial charge < -0.3 is 9.52 Å². The van der Waals surface area contributed by atoms with Gasteiger partial charge in [-0.2, -0.15) is 0 Å². The maximum absolute atomic E-state index is 13.0. The molecule has 5 nitrogen and oxygen atoms in total. The van der Waals surface area contributed by atoms with Crippen molar-refractivity contribution in [3.8, 4) is 0 Å². The van der Waals surface area contributed by atoms with Crippen LogP contribution in [0, 0.1) is 15.9 Å². The van der Waals surface area contributed by atoms with Crippen LogP contribution in [0.3, 0.4) is 0 Å². The molecule has 0 saturated heterocycles. The SMILES string of the molecule is O=[N+]([O-])c1ccc(C(O)c2ccc(F)c(Br)c2)o1. The first-order chi connectivity index (χ1) is 8.49. The van der Waals surface area contributed by atoms with Gasteiger partial charge in [-0.15, -0.1) is 0 Å². The van der Waals surface area contributed by atoms with Gasteiger partial charge in [-0.3, -0.25) is 10.1 Å². The number of benzene rings is 1.